The molecule has 2 aromatic rings. The van der Waals surface area contributed by atoms with Gasteiger partial charge in [0.25, 0.3) is 5.91 Å². The molecule has 0 bridgehead atoms. The first-order valence-corrected chi connectivity index (χ1v) is 9.58. The summed E-state index contributed by atoms with van der Waals surface area (Å²) in [5, 5.41) is 7.69. The van der Waals surface area contributed by atoms with E-state index in [1.54, 1.807) is 13.0 Å². The highest BCUT2D eigenvalue weighted by Crippen LogP contribution is 2.31. The minimum atomic E-state index is -0.148. The Labute approximate surface area is 159 Å². The number of carbonyl (C=O) groups excluding carboxylic acids is 1. The number of likely N-dealkylation sites (tertiary alicyclic amines) is 1. The summed E-state index contributed by atoms with van der Waals surface area (Å²) in [6.45, 7) is 9.07. The fourth-order valence-corrected chi connectivity index (χ4v) is 3.70. The molecule has 1 aliphatic heterocycles. The monoisotopic (exact) mass is 375 g/mol. The zero-order chi connectivity index (χ0) is 18.7. The van der Waals surface area contributed by atoms with Crippen molar-refractivity contribution < 1.29 is 9.32 Å². The third-order valence-electron chi connectivity index (χ3n) is 5.15. The van der Waals surface area contributed by atoms with Gasteiger partial charge in [0.15, 0.2) is 0 Å². The Balaban J connectivity index is 1.66. The molecule has 140 valence electrons. The van der Waals surface area contributed by atoms with Gasteiger partial charge in [-0.15, -0.1) is 0 Å². The van der Waals surface area contributed by atoms with E-state index in [0.29, 0.717) is 46.1 Å². The van der Waals surface area contributed by atoms with Gasteiger partial charge in [0, 0.05) is 18.2 Å². The van der Waals surface area contributed by atoms with E-state index in [4.69, 9.17) is 16.1 Å². The summed E-state index contributed by atoms with van der Waals surface area (Å²) in [4.78, 5) is 15.3. The number of nitrogens with one attached hydrogen (secondary N) is 1. The molecule has 0 spiro atoms. The summed E-state index contributed by atoms with van der Waals surface area (Å²) in [7, 11) is 0. The molecule has 0 atom stereocenters. The van der Waals surface area contributed by atoms with Crippen LogP contribution in [0.1, 0.15) is 42.8 Å². The van der Waals surface area contributed by atoms with Gasteiger partial charge in [0.2, 0.25) is 0 Å². The Morgan fingerprint density at radius 3 is 2.69 bits per heavy atom. The van der Waals surface area contributed by atoms with Gasteiger partial charge in [-0.05, 0) is 58.7 Å². The Morgan fingerprint density at radius 2 is 2.04 bits per heavy atom. The van der Waals surface area contributed by atoms with Crippen LogP contribution in [-0.2, 0) is 0 Å². The van der Waals surface area contributed by atoms with Crippen LogP contribution in [0.3, 0.4) is 0 Å². The van der Waals surface area contributed by atoms with Crippen molar-refractivity contribution in [1.82, 2.24) is 15.4 Å². The number of halogens is 1. The van der Waals surface area contributed by atoms with Crippen LogP contribution in [0.15, 0.2) is 28.8 Å². The highest BCUT2D eigenvalue weighted by molar-refractivity contribution is 6.33. The summed E-state index contributed by atoms with van der Waals surface area (Å²) >= 11 is 6.26. The van der Waals surface area contributed by atoms with Gasteiger partial charge < -0.3 is 14.7 Å². The number of benzene rings is 1. The normalized spacial score (nSPS) is 16.2. The molecule has 1 N–H and O–H groups in total. The molecule has 1 amide bonds. The van der Waals surface area contributed by atoms with Crippen LogP contribution < -0.4 is 5.32 Å². The van der Waals surface area contributed by atoms with Gasteiger partial charge >= 0.3 is 0 Å². The summed E-state index contributed by atoms with van der Waals surface area (Å²) in [5.41, 5.74) is 1.68. The molecular weight excluding hydrogens is 350 g/mol. The Hall–Kier alpha value is -1.85. The lowest BCUT2D eigenvalue weighted by Gasteiger charge is -2.34. The molecule has 6 heteroatoms. The molecule has 2 heterocycles. The standard InChI is InChI=1S/C20H26ClN3O2/c1-13(2)24-10-8-15(9-11-24)12-22-20(25)18-14(3)26-23-19(18)16-6-4-5-7-17(16)21/h4-7,13,15H,8-12H2,1-3H3,(H,22,25). The number of aromatic nitrogens is 1. The first kappa shape index (κ1) is 18.9. The zero-order valence-corrected chi connectivity index (χ0v) is 16.3. The summed E-state index contributed by atoms with van der Waals surface area (Å²) in [6.07, 6.45) is 2.22. The third-order valence-corrected chi connectivity index (χ3v) is 5.48. The lowest BCUT2D eigenvalue weighted by atomic mass is 9.95. The average molecular weight is 376 g/mol. The van der Waals surface area contributed by atoms with Crippen LogP contribution in [0, 0.1) is 12.8 Å². The molecule has 0 unspecified atom stereocenters. The predicted octanol–water partition coefficient (Wildman–Crippen LogP) is 4.15. The second kappa shape index (κ2) is 8.23. The molecule has 26 heavy (non-hydrogen) atoms. The SMILES string of the molecule is Cc1onc(-c2ccccc2Cl)c1C(=O)NCC1CCN(C(C)C)CC1. The van der Waals surface area contributed by atoms with Gasteiger partial charge in [0.05, 0.1) is 5.02 Å². The van der Waals surface area contributed by atoms with Crippen LogP contribution >= 0.6 is 11.6 Å². The minimum absolute atomic E-state index is 0.148. The van der Waals surface area contributed by atoms with Gasteiger partial charge in [-0.2, -0.15) is 0 Å². The van der Waals surface area contributed by atoms with Crippen LogP contribution in [0.5, 0.6) is 0 Å². The smallest absolute Gasteiger partial charge is 0.257 e. The minimum Gasteiger partial charge on any atom is -0.360 e. The lowest BCUT2D eigenvalue weighted by Crippen LogP contribution is -2.41. The van der Waals surface area contributed by atoms with E-state index in [9.17, 15) is 4.79 Å². The molecule has 1 aromatic carbocycles. The topological polar surface area (TPSA) is 58.4 Å². The number of amides is 1. The predicted molar refractivity (Wildman–Crippen MR) is 103 cm³/mol. The van der Waals surface area contributed by atoms with E-state index in [1.807, 2.05) is 18.2 Å². The first-order valence-electron chi connectivity index (χ1n) is 9.20. The molecule has 0 radical (unpaired) electrons. The summed E-state index contributed by atoms with van der Waals surface area (Å²) in [5.74, 6) is 0.870. The largest absolute Gasteiger partial charge is 0.360 e. The van der Waals surface area contributed by atoms with Crippen molar-refractivity contribution in [2.24, 2.45) is 5.92 Å². The van der Waals surface area contributed by atoms with Crippen LogP contribution in [0.2, 0.25) is 5.02 Å². The number of nitrogens with zero attached hydrogens (tertiary/aromatic N) is 2. The number of hydrogen-bond donors (Lipinski definition) is 1. The second-order valence-electron chi connectivity index (χ2n) is 7.23. The lowest BCUT2D eigenvalue weighted by molar-refractivity contribution is 0.0928. The Kier molecular flexibility index (Phi) is 5.99. The zero-order valence-electron chi connectivity index (χ0n) is 15.6. The molecule has 1 aromatic heterocycles. The number of aryl methyl sites for hydroxylation is 1. The van der Waals surface area contributed by atoms with Crippen LogP contribution in [0.25, 0.3) is 11.3 Å². The van der Waals surface area contributed by atoms with E-state index in [1.165, 1.54) is 0 Å². The van der Waals surface area contributed by atoms with Gasteiger partial charge in [0.1, 0.15) is 17.0 Å². The molecule has 0 aliphatic carbocycles. The van der Waals surface area contributed by atoms with Gasteiger partial charge in [-0.3, -0.25) is 4.79 Å². The van der Waals surface area contributed by atoms with Gasteiger partial charge in [-0.25, -0.2) is 0 Å². The fraction of sp³-hybridized carbons (Fsp3) is 0.500. The Morgan fingerprint density at radius 1 is 1.35 bits per heavy atom. The quantitative estimate of drug-likeness (QED) is 0.852. The maximum atomic E-state index is 12.8. The van der Waals surface area contributed by atoms with Gasteiger partial charge in [-0.1, -0.05) is 35.0 Å². The Bertz CT molecular complexity index is 764. The van der Waals surface area contributed by atoms with E-state index in [0.717, 1.165) is 25.9 Å². The van der Waals surface area contributed by atoms with E-state index < -0.39 is 0 Å². The van der Waals surface area contributed by atoms with E-state index in [2.05, 4.69) is 29.2 Å². The van der Waals surface area contributed by atoms with E-state index >= 15 is 0 Å². The molecule has 3 rings (SSSR count). The van der Waals surface area contributed by atoms with E-state index in [-0.39, 0.29) is 5.91 Å². The number of rotatable bonds is 5. The number of piperidine rings is 1. The molecule has 1 fully saturated rings. The summed E-state index contributed by atoms with van der Waals surface area (Å²) < 4.78 is 5.28. The molecule has 1 saturated heterocycles. The molecular formula is C20H26ClN3O2. The van der Waals surface area contributed by atoms with Crippen molar-refractivity contribution in [3.8, 4) is 11.3 Å². The first-order chi connectivity index (χ1) is 12.5. The van der Waals surface area contributed by atoms with Crippen molar-refractivity contribution in [1.29, 1.82) is 0 Å². The van der Waals surface area contributed by atoms with Crippen molar-refractivity contribution in [3.05, 3.63) is 40.6 Å². The van der Waals surface area contributed by atoms with Crippen LogP contribution in [0.4, 0.5) is 0 Å². The molecule has 1 aliphatic rings. The molecule has 0 saturated carbocycles. The molecule has 5 nitrogen and oxygen atoms in total. The van der Waals surface area contributed by atoms with Crippen molar-refractivity contribution in [3.63, 3.8) is 0 Å². The fourth-order valence-electron chi connectivity index (χ4n) is 3.48. The second-order valence-corrected chi connectivity index (χ2v) is 7.63. The average Bonchev–Trinajstić information content (AvgIpc) is 3.02. The van der Waals surface area contributed by atoms with Crippen LogP contribution in [-0.4, -0.2) is 41.6 Å². The summed E-state index contributed by atoms with van der Waals surface area (Å²) in [6, 6.07) is 7.93. The number of hydrogen-bond acceptors (Lipinski definition) is 4. The highest BCUT2D eigenvalue weighted by atomic mass is 35.5. The maximum absolute atomic E-state index is 12.8. The third kappa shape index (κ3) is 4.10. The van der Waals surface area contributed by atoms with Crippen molar-refractivity contribution in [2.75, 3.05) is 19.6 Å². The maximum Gasteiger partial charge on any atom is 0.257 e. The van der Waals surface area contributed by atoms with Crippen molar-refractivity contribution in [2.45, 2.75) is 39.7 Å². The van der Waals surface area contributed by atoms with Crippen molar-refractivity contribution >= 4 is 17.5 Å². The highest BCUT2D eigenvalue weighted by Gasteiger charge is 2.25. The number of carbonyl (C=O) groups is 1.